The Bertz CT molecular complexity index is 832. The minimum absolute atomic E-state index is 0.0872. The molecule has 1 amide bonds. The molecule has 0 radical (unpaired) electrons. The summed E-state index contributed by atoms with van der Waals surface area (Å²) in [4.78, 5) is 15.1. The molecule has 1 unspecified atom stereocenters. The van der Waals surface area contributed by atoms with Gasteiger partial charge in [-0.25, -0.2) is 0 Å². The Kier molecular flexibility index (Phi) is 5.06. The maximum Gasteiger partial charge on any atom is 0.417 e. The van der Waals surface area contributed by atoms with Crippen LogP contribution in [0.4, 0.5) is 18.9 Å². The average Bonchev–Trinajstić information content (AvgIpc) is 2.57. The molecule has 3 rings (SSSR count). The van der Waals surface area contributed by atoms with Crippen LogP contribution in [0.5, 0.6) is 0 Å². The SMILES string of the molecule is CC1Sc2ccccc2N(Cc2cccc(C(C)C)c2C(F)(F)F)C1=O. The van der Waals surface area contributed by atoms with Crippen molar-refractivity contribution in [3.8, 4) is 0 Å². The first-order valence-corrected chi connectivity index (χ1v) is 9.34. The summed E-state index contributed by atoms with van der Waals surface area (Å²) in [6, 6.07) is 12.0. The van der Waals surface area contributed by atoms with Crippen LogP contribution in [0.3, 0.4) is 0 Å². The van der Waals surface area contributed by atoms with Gasteiger partial charge < -0.3 is 4.90 Å². The molecule has 0 aromatic heterocycles. The Morgan fingerprint density at radius 3 is 2.46 bits per heavy atom. The number of carbonyl (C=O) groups excluding carboxylic acids is 1. The standard InChI is InChI=1S/C20H20F3NOS/c1-12(2)15-8-6-7-14(18(15)20(21,22)23)11-24-16-9-4-5-10-17(16)26-13(3)19(24)25/h4-10,12-13H,11H2,1-3H3. The monoisotopic (exact) mass is 379 g/mol. The largest absolute Gasteiger partial charge is 0.417 e. The topological polar surface area (TPSA) is 20.3 Å². The lowest BCUT2D eigenvalue weighted by Crippen LogP contribution is -2.39. The van der Waals surface area contributed by atoms with Crippen molar-refractivity contribution in [2.45, 2.75) is 49.6 Å². The number of alkyl halides is 3. The molecule has 1 heterocycles. The molecule has 6 heteroatoms. The summed E-state index contributed by atoms with van der Waals surface area (Å²) in [5.74, 6) is -0.429. The van der Waals surface area contributed by atoms with E-state index in [1.807, 2.05) is 12.1 Å². The van der Waals surface area contributed by atoms with Crippen molar-refractivity contribution in [3.63, 3.8) is 0 Å². The minimum Gasteiger partial charge on any atom is -0.306 e. The van der Waals surface area contributed by atoms with Crippen LogP contribution in [0.2, 0.25) is 0 Å². The number of anilines is 1. The second-order valence-electron chi connectivity index (χ2n) is 6.69. The summed E-state index contributed by atoms with van der Waals surface area (Å²) in [6.45, 7) is 5.18. The molecule has 1 atom stereocenters. The van der Waals surface area contributed by atoms with E-state index in [0.29, 0.717) is 5.69 Å². The molecule has 0 saturated heterocycles. The van der Waals surface area contributed by atoms with Crippen LogP contribution >= 0.6 is 11.8 Å². The molecule has 2 nitrogen and oxygen atoms in total. The summed E-state index contributed by atoms with van der Waals surface area (Å²) in [6.07, 6.45) is -4.46. The predicted octanol–water partition coefficient (Wildman–Crippen LogP) is 5.86. The Morgan fingerprint density at radius 2 is 1.81 bits per heavy atom. The van der Waals surface area contributed by atoms with Gasteiger partial charge in [-0.3, -0.25) is 4.79 Å². The molecule has 138 valence electrons. The van der Waals surface area contributed by atoms with E-state index in [1.54, 1.807) is 39.0 Å². The van der Waals surface area contributed by atoms with Crippen LogP contribution in [0.1, 0.15) is 43.4 Å². The quantitative estimate of drug-likeness (QED) is 0.666. The summed E-state index contributed by atoms with van der Waals surface area (Å²) >= 11 is 1.44. The highest BCUT2D eigenvalue weighted by molar-refractivity contribution is 8.00. The highest BCUT2D eigenvalue weighted by atomic mass is 32.2. The fourth-order valence-electron chi connectivity index (χ4n) is 3.27. The summed E-state index contributed by atoms with van der Waals surface area (Å²) in [5, 5.41) is -0.326. The first kappa shape index (κ1) is 18.8. The van der Waals surface area contributed by atoms with Crippen LogP contribution in [0.25, 0.3) is 0 Å². The molecule has 1 aliphatic heterocycles. The number of nitrogens with zero attached hydrogens (tertiary/aromatic N) is 1. The Labute approximate surface area is 155 Å². The van der Waals surface area contributed by atoms with Gasteiger partial charge in [-0.1, -0.05) is 44.2 Å². The molecule has 1 aliphatic rings. The first-order chi connectivity index (χ1) is 12.2. The number of amides is 1. The number of hydrogen-bond acceptors (Lipinski definition) is 2. The average molecular weight is 379 g/mol. The van der Waals surface area contributed by atoms with Gasteiger partial charge in [0.05, 0.1) is 23.0 Å². The molecule has 0 fully saturated rings. The van der Waals surface area contributed by atoms with E-state index in [2.05, 4.69) is 0 Å². The predicted molar refractivity (Wildman–Crippen MR) is 98.5 cm³/mol. The second-order valence-corrected chi connectivity index (χ2v) is 8.07. The number of thioether (sulfide) groups is 1. The number of hydrogen-bond donors (Lipinski definition) is 0. The lowest BCUT2D eigenvalue weighted by Gasteiger charge is -2.33. The van der Waals surface area contributed by atoms with E-state index in [9.17, 15) is 18.0 Å². The van der Waals surface area contributed by atoms with Crippen molar-refractivity contribution < 1.29 is 18.0 Å². The van der Waals surface area contributed by atoms with Gasteiger partial charge in [0.25, 0.3) is 0 Å². The molecular formula is C20H20F3NOS. The van der Waals surface area contributed by atoms with Gasteiger partial charge in [-0.05, 0) is 36.1 Å². The number of benzene rings is 2. The van der Waals surface area contributed by atoms with Gasteiger partial charge in [-0.2, -0.15) is 13.2 Å². The third kappa shape index (κ3) is 3.47. The number of halogens is 3. The van der Waals surface area contributed by atoms with Gasteiger partial charge >= 0.3 is 6.18 Å². The van der Waals surface area contributed by atoms with Crippen molar-refractivity contribution >= 4 is 23.4 Å². The number of para-hydroxylation sites is 1. The molecule has 2 aromatic rings. The van der Waals surface area contributed by atoms with Crippen molar-refractivity contribution in [2.75, 3.05) is 4.90 Å². The van der Waals surface area contributed by atoms with Crippen LogP contribution in [0, 0.1) is 0 Å². The molecule has 2 aromatic carbocycles. The molecule has 0 bridgehead atoms. The Balaban J connectivity index is 2.09. The molecule has 0 spiro atoms. The van der Waals surface area contributed by atoms with Crippen molar-refractivity contribution in [1.29, 1.82) is 0 Å². The van der Waals surface area contributed by atoms with Gasteiger partial charge in [0.1, 0.15) is 0 Å². The molecule has 26 heavy (non-hydrogen) atoms. The second kappa shape index (κ2) is 6.99. The van der Waals surface area contributed by atoms with E-state index in [4.69, 9.17) is 0 Å². The van der Waals surface area contributed by atoms with Gasteiger partial charge in [0, 0.05) is 4.90 Å². The highest BCUT2D eigenvalue weighted by Gasteiger charge is 2.38. The zero-order valence-electron chi connectivity index (χ0n) is 14.8. The fraction of sp³-hybridized carbons (Fsp3) is 0.350. The smallest absolute Gasteiger partial charge is 0.306 e. The van der Waals surface area contributed by atoms with Crippen LogP contribution in [0.15, 0.2) is 47.4 Å². The maximum absolute atomic E-state index is 13.8. The van der Waals surface area contributed by atoms with Crippen LogP contribution in [-0.2, 0) is 17.5 Å². The number of carbonyl (C=O) groups is 1. The third-order valence-corrected chi connectivity index (χ3v) is 5.64. The zero-order chi connectivity index (χ0) is 19.1. The number of rotatable bonds is 3. The van der Waals surface area contributed by atoms with E-state index in [0.717, 1.165) is 4.90 Å². The molecular weight excluding hydrogens is 359 g/mol. The zero-order valence-corrected chi connectivity index (χ0v) is 15.6. The third-order valence-electron chi connectivity index (χ3n) is 4.49. The van der Waals surface area contributed by atoms with E-state index >= 15 is 0 Å². The summed E-state index contributed by atoms with van der Waals surface area (Å²) in [7, 11) is 0. The Morgan fingerprint density at radius 1 is 1.12 bits per heavy atom. The molecule has 0 aliphatic carbocycles. The lowest BCUT2D eigenvalue weighted by molar-refractivity contribution is -0.139. The van der Waals surface area contributed by atoms with E-state index < -0.39 is 11.7 Å². The molecule has 0 N–H and O–H groups in total. The normalized spacial score (nSPS) is 17.6. The van der Waals surface area contributed by atoms with Crippen LogP contribution in [-0.4, -0.2) is 11.2 Å². The van der Waals surface area contributed by atoms with E-state index in [-0.39, 0.29) is 34.7 Å². The van der Waals surface area contributed by atoms with Crippen LogP contribution < -0.4 is 4.90 Å². The molecule has 0 saturated carbocycles. The highest BCUT2D eigenvalue weighted by Crippen LogP contribution is 2.42. The van der Waals surface area contributed by atoms with Crippen molar-refractivity contribution in [3.05, 3.63) is 59.2 Å². The summed E-state index contributed by atoms with van der Waals surface area (Å²) in [5.41, 5.74) is 0.441. The first-order valence-electron chi connectivity index (χ1n) is 8.46. The summed E-state index contributed by atoms with van der Waals surface area (Å²) < 4.78 is 41.4. The maximum atomic E-state index is 13.8. The van der Waals surface area contributed by atoms with Gasteiger partial charge in [0.15, 0.2) is 0 Å². The van der Waals surface area contributed by atoms with Crippen molar-refractivity contribution in [2.24, 2.45) is 0 Å². The Hall–Kier alpha value is -1.95. The minimum atomic E-state index is -4.46. The van der Waals surface area contributed by atoms with Gasteiger partial charge in [-0.15, -0.1) is 11.8 Å². The van der Waals surface area contributed by atoms with Crippen molar-refractivity contribution in [1.82, 2.24) is 0 Å². The van der Waals surface area contributed by atoms with E-state index in [1.165, 1.54) is 28.8 Å². The number of fused-ring (bicyclic) bond motifs is 1. The lowest BCUT2D eigenvalue weighted by atomic mass is 9.92. The van der Waals surface area contributed by atoms with Gasteiger partial charge in [0.2, 0.25) is 5.91 Å². The fourth-order valence-corrected chi connectivity index (χ4v) is 4.34.